The quantitative estimate of drug-likeness (QED) is 0.200. The summed E-state index contributed by atoms with van der Waals surface area (Å²) in [6.07, 6.45) is 3.34. The minimum absolute atomic E-state index is 0.0645. The standard InChI is InChI=1S/C20H25BrO5S/c1-13(20(23)25-3)9-15(22)19-11-14-10-16(24-2)17(12-18(14)27-19)26-8-6-4-5-7-21/h10-13H,4-9H2,1-3H3. The van der Waals surface area contributed by atoms with Gasteiger partial charge in [-0.1, -0.05) is 22.9 Å². The third kappa shape index (κ3) is 5.94. The molecule has 0 saturated carbocycles. The van der Waals surface area contributed by atoms with Crippen LogP contribution >= 0.6 is 27.3 Å². The summed E-state index contributed by atoms with van der Waals surface area (Å²) in [5, 5.41) is 1.93. The number of Topliss-reactive ketones (excluding diaryl/α,β-unsaturated/α-hetero) is 1. The van der Waals surface area contributed by atoms with Gasteiger partial charge in [-0.2, -0.15) is 0 Å². The van der Waals surface area contributed by atoms with Gasteiger partial charge in [0.1, 0.15) is 0 Å². The molecule has 0 amide bonds. The molecule has 0 spiro atoms. The fourth-order valence-corrected chi connectivity index (χ4v) is 4.09. The molecule has 1 aromatic heterocycles. The summed E-state index contributed by atoms with van der Waals surface area (Å²) in [6.45, 7) is 2.32. The van der Waals surface area contributed by atoms with Crippen molar-refractivity contribution >= 4 is 49.1 Å². The number of ether oxygens (including phenoxy) is 3. The van der Waals surface area contributed by atoms with E-state index >= 15 is 0 Å². The van der Waals surface area contributed by atoms with Gasteiger partial charge in [0.15, 0.2) is 17.3 Å². The molecule has 0 bridgehead atoms. The topological polar surface area (TPSA) is 61.8 Å². The van der Waals surface area contributed by atoms with Crippen LogP contribution in [0.3, 0.4) is 0 Å². The zero-order valence-electron chi connectivity index (χ0n) is 15.9. The molecule has 0 aliphatic rings. The summed E-state index contributed by atoms with van der Waals surface area (Å²) in [7, 11) is 2.94. The lowest BCUT2D eigenvalue weighted by atomic mass is 10.0. The van der Waals surface area contributed by atoms with Crippen LogP contribution in [0.4, 0.5) is 0 Å². The number of carbonyl (C=O) groups excluding carboxylic acids is 2. The van der Waals surface area contributed by atoms with Crippen LogP contribution < -0.4 is 9.47 Å². The molecule has 0 N–H and O–H groups in total. The molecule has 1 unspecified atom stereocenters. The first kappa shape index (κ1) is 21.7. The van der Waals surface area contributed by atoms with Crippen LogP contribution in [0.15, 0.2) is 18.2 Å². The number of alkyl halides is 1. The Morgan fingerprint density at radius 1 is 1.11 bits per heavy atom. The zero-order chi connectivity index (χ0) is 19.8. The predicted octanol–water partition coefficient (Wildman–Crippen LogP) is 5.24. The smallest absolute Gasteiger partial charge is 0.308 e. The largest absolute Gasteiger partial charge is 0.493 e. The van der Waals surface area contributed by atoms with Crippen LogP contribution in [0.5, 0.6) is 11.5 Å². The van der Waals surface area contributed by atoms with Gasteiger partial charge in [0.2, 0.25) is 0 Å². The van der Waals surface area contributed by atoms with Gasteiger partial charge in [-0.15, -0.1) is 11.3 Å². The van der Waals surface area contributed by atoms with Crippen molar-refractivity contribution in [3.63, 3.8) is 0 Å². The van der Waals surface area contributed by atoms with Gasteiger partial charge in [0.25, 0.3) is 0 Å². The fraction of sp³-hybridized carbons (Fsp3) is 0.500. The van der Waals surface area contributed by atoms with Crippen LogP contribution in [-0.2, 0) is 9.53 Å². The second kappa shape index (κ2) is 10.7. The first-order chi connectivity index (χ1) is 13.0. The van der Waals surface area contributed by atoms with E-state index in [-0.39, 0.29) is 18.2 Å². The van der Waals surface area contributed by atoms with E-state index < -0.39 is 5.92 Å². The van der Waals surface area contributed by atoms with Gasteiger partial charge in [-0.3, -0.25) is 9.59 Å². The molecule has 1 heterocycles. The molecule has 0 saturated heterocycles. The number of hydrogen-bond donors (Lipinski definition) is 0. The molecule has 0 fully saturated rings. The number of benzene rings is 1. The average Bonchev–Trinajstić information content (AvgIpc) is 3.09. The number of rotatable bonds is 11. The Morgan fingerprint density at radius 3 is 2.56 bits per heavy atom. The third-order valence-electron chi connectivity index (χ3n) is 4.21. The molecule has 2 aromatic rings. The van der Waals surface area contributed by atoms with Crippen LogP contribution in [0, 0.1) is 5.92 Å². The van der Waals surface area contributed by atoms with E-state index in [2.05, 4.69) is 15.9 Å². The second-order valence-corrected chi connectivity index (χ2v) is 8.18. The Hall–Kier alpha value is -1.60. The maximum atomic E-state index is 12.5. The molecular weight excluding hydrogens is 432 g/mol. The van der Waals surface area contributed by atoms with E-state index in [1.165, 1.54) is 18.4 Å². The predicted molar refractivity (Wildman–Crippen MR) is 112 cm³/mol. The lowest BCUT2D eigenvalue weighted by Gasteiger charge is -2.10. The molecule has 7 heteroatoms. The summed E-state index contributed by atoms with van der Waals surface area (Å²) in [5.41, 5.74) is 0. The Balaban J connectivity index is 2.13. The summed E-state index contributed by atoms with van der Waals surface area (Å²) in [5.74, 6) is 0.447. The van der Waals surface area contributed by atoms with Crippen LogP contribution in [0.1, 0.15) is 42.3 Å². The highest BCUT2D eigenvalue weighted by molar-refractivity contribution is 9.09. The van der Waals surface area contributed by atoms with Crippen LogP contribution in [0.2, 0.25) is 0 Å². The number of thiophene rings is 1. The molecule has 0 aliphatic heterocycles. The Morgan fingerprint density at radius 2 is 1.89 bits per heavy atom. The first-order valence-electron chi connectivity index (χ1n) is 8.91. The maximum Gasteiger partial charge on any atom is 0.308 e. The van der Waals surface area contributed by atoms with Crippen molar-refractivity contribution in [2.24, 2.45) is 5.92 Å². The van der Waals surface area contributed by atoms with Gasteiger partial charge in [0.05, 0.1) is 31.6 Å². The van der Waals surface area contributed by atoms with Crippen molar-refractivity contribution < 1.29 is 23.8 Å². The lowest BCUT2D eigenvalue weighted by Crippen LogP contribution is -2.16. The minimum Gasteiger partial charge on any atom is -0.493 e. The van der Waals surface area contributed by atoms with Gasteiger partial charge in [-0.25, -0.2) is 0 Å². The van der Waals surface area contributed by atoms with Crippen LogP contribution in [0.25, 0.3) is 10.1 Å². The first-order valence-corrected chi connectivity index (χ1v) is 10.8. The summed E-state index contributed by atoms with van der Waals surface area (Å²) < 4.78 is 17.0. The number of esters is 1. The fourth-order valence-electron chi connectivity index (χ4n) is 2.68. The van der Waals surface area contributed by atoms with Crippen molar-refractivity contribution in [3.8, 4) is 11.5 Å². The van der Waals surface area contributed by atoms with E-state index in [9.17, 15) is 9.59 Å². The van der Waals surface area contributed by atoms with Crippen LogP contribution in [-0.4, -0.2) is 37.9 Å². The summed E-state index contributed by atoms with van der Waals surface area (Å²) in [6, 6.07) is 5.65. The van der Waals surface area contributed by atoms with E-state index in [0.717, 1.165) is 34.7 Å². The monoisotopic (exact) mass is 456 g/mol. The van der Waals surface area contributed by atoms with E-state index in [0.29, 0.717) is 23.0 Å². The number of ketones is 1. The van der Waals surface area contributed by atoms with E-state index in [1.807, 2.05) is 18.2 Å². The van der Waals surface area contributed by atoms with Crippen molar-refractivity contribution in [2.75, 3.05) is 26.2 Å². The molecule has 1 aromatic carbocycles. The van der Waals surface area contributed by atoms with E-state index in [4.69, 9.17) is 14.2 Å². The second-order valence-electron chi connectivity index (χ2n) is 6.30. The normalized spacial score (nSPS) is 12.0. The number of carbonyl (C=O) groups is 2. The lowest BCUT2D eigenvalue weighted by molar-refractivity contribution is -0.144. The number of methoxy groups -OCH3 is 2. The van der Waals surface area contributed by atoms with E-state index in [1.54, 1.807) is 14.0 Å². The Labute approximate surface area is 172 Å². The highest BCUT2D eigenvalue weighted by Crippen LogP contribution is 2.37. The number of unbranched alkanes of at least 4 members (excludes halogenated alkanes) is 2. The zero-order valence-corrected chi connectivity index (χ0v) is 18.3. The number of fused-ring (bicyclic) bond motifs is 1. The summed E-state index contributed by atoms with van der Waals surface area (Å²) >= 11 is 4.83. The molecular formula is C20H25BrO5S. The molecule has 27 heavy (non-hydrogen) atoms. The Bertz CT molecular complexity index is 786. The average molecular weight is 457 g/mol. The summed E-state index contributed by atoms with van der Waals surface area (Å²) in [4.78, 5) is 24.7. The van der Waals surface area contributed by atoms with Gasteiger partial charge >= 0.3 is 5.97 Å². The highest BCUT2D eigenvalue weighted by atomic mass is 79.9. The third-order valence-corrected chi connectivity index (χ3v) is 5.91. The Kier molecular flexibility index (Phi) is 8.57. The number of hydrogen-bond acceptors (Lipinski definition) is 6. The van der Waals surface area contributed by atoms with Gasteiger partial charge in [-0.05, 0) is 36.8 Å². The van der Waals surface area contributed by atoms with Crippen molar-refractivity contribution in [1.82, 2.24) is 0 Å². The molecule has 148 valence electrons. The van der Waals surface area contributed by atoms with Crippen molar-refractivity contribution in [3.05, 3.63) is 23.1 Å². The maximum absolute atomic E-state index is 12.5. The molecule has 2 rings (SSSR count). The molecule has 0 radical (unpaired) electrons. The van der Waals surface area contributed by atoms with Gasteiger partial charge < -0.3 is 14.2 Å². The molecule has 5 nitrogen and oxygen atoms in total. The molecule has 0 aliphatic carbocycles. The minimum atomic E-state index is -0.458. The van der Waals surface area contributed by atoms with Crippen molar-refractivity contribution in [2.45, 2.75) is 32.6 Å². The SMILES string of the molecule is COC(=O)C(C)CC(=O)c1cc2cc(OC)c(OCCCCCBr)cc2s1. The van der Waals surface area contributed by atoms with Gasteiger partial charge in [0, 0.05) is 22.5 Å². The highest BCUT2D eigenvalue weighted by Gasteiger charge is 2.20. The van der Waals surface area contributed by atoms with Crippen molar-refractivity contribution in [1.29, 1.82) is 0 Å². The number of halogens is 1. The molecule has 1 atom stereocenters.